The summed E-state index contributed by atoms with van der Waals surface area (Å²) in [4.78, 5) is 2.68. The molecule has 64 heavy (non-hydrogen) atoms. The molecular weight excluding hydrogens is 773 g/mol. The van der Waals surface area contributed by atoms with E-state index in [9.17, 15) is 0 Å². The Bertz CT molecular complexity index is 3230. The number of hydrogen-bond acceptors (Lipinski definition) is 1. The molecule has 2 heteroatoms. The monoisotopic (exact) mass is 822 g/mol. The molecule has 3 aliphatic rings. The van der Waals surface area contributed by atoms with Crippen molar-refractivity contribution in [1.82, 2.24) is 4.57 Å². The zero-order valence-corrected chi connectivity index (χ0v) is 36.2. The van der Waals surface area contributed by atoms with Crippen LogP contribution in [0.4, 0.5) is 5.69 Å². The molecule has 0 bridgehead atoms. The summed E-state index contributed by atoms with van der Waals surface area (Å²) in [6.07, 6.45) is 12.9. The van der Waals surface area contributed by atoms with E-state index in [1.54, 1.807) is 0 Å². The molecule has 0 saturated carbocycles. The van der Waals surface area contributed by atoms with Crippen molar-refractivity contribution >= 4 is 27.5 Å². The van der Waals surface area contributed by atoms with Gasteiger partial charge >= 0.3 is 0 Å². The van der Waals surface area contributed by atoms with Gasteiger partial charge in [0.15, 0.2) is 0 Å². The molecule has 0 saturated heterocycles. The number of rotatable bonds is 8. The highest BCUT2D eigenvalue weighted by Gasteiger charge is 2.54. The Balaban J connectivity index is 0.932. The molecular formula is C62H50N2. The number of anilines is 1. The first-order valence-corrected chi connectivity index (χ1v) is 22.9. The van der Waals surface area contributed by atoms with Crippen molar-refractivity contribution in [2.24, 2.45) is 0 Å². The third kappa shape index (κ3) is 6.08. The number of hydrogen-bond donors (Lipinski definition) is 0. The van der Waals surface area contributed by atoms with Crippen LogP contribution in [0.5, 0.6) is 0 Å². The predicted octanol–water partition coefficient (Wildman–Crippen LogP) is 15.5. The average Bonchev–Trinajstić information content (AvgIpc) is 3.85. The fourth-order valence-electron chi connectivity index (χ4n) is 11.8. The Morgan fingerprint density at radius 1 is 0.562 bits per heavy atom. The largest absolute Gasteiger partial charge is 0.336 e. The van der Waals surface area contributed by atoms with Gasteiger partial charge in [0.2, 0.25) is 0 Å². The normalized spacial score (nSPS) is 19.8. The SMILES string of the molecule is CC1(N(C2=CC(c3cccc(-c4ccc5c(c4)c4ccccc4n5-c4ccccc4)c3)CC=C2)c2ccccc2)CC=C2C(C1)c1ccccc1C2(c1ccccc1)c1ccccc1. The summed E-state index contributed by atoms with van der Waals surface area (Å²) in [6, 6.07) is 78.7. The summed E-state index contributed by atoms with van der Waals surface area (Å²) in [7, 11) is 0. The molecule has 0 radical (unpaired) electrons. The lowest BCUT2D eigenvalue weighted by Crippen LogP contribution is -2.49. The van der Waals surface area contributed by atoms with E-state index >= 15 is 0 Å². The van der Waals surface area contributed by atoms with Gasteiger partial charge in [0.05, 0.1) is 16.4 Å². The van der Waals surface area contributed by atoms with Crippen molar-refractivity contribution in [1.29, 1.82) is 0 Å². The topological polar surface area (TPSA) is 8.17 Å². The van der Waals surface area contributed by atoms with Crippen LogP contribution in [0.2, 0.25) is 0 Å². The van der Waals surface area contributed by atoms with Crippen molar-refractivity contribution < 1.29 is 0 Å². The molecule has 1 heterocycles. The maximum Gasteiger partial charge on any atom is 0.0670 e. The first-order valence-electron chi connectivity index (χ1n) is 22.9. The Kier molecular flexibility index (Phi) is 9.23. The molecule has 0 fully saturated rings. The van der Waals surface area contributed by atoms with E-state index in [1.807, 2.05) is 0 Å². The smallest absolute Gasteiger partial charge is 0.0670 e. The quantitative estimate of drug-likeness (QED) is 0.139. The van der Waals surface area contributed by atoms with E-state index in [4.69, 9.17) is 0 Å². The van der Waals surface area contributed by atoms with Crippen LogP contribution in [0.3, 0.4) is 0 Å². The second-order valence-electron chi connectivity index (χ2n) is 18.2. The Hall–Kier alpha value is -7.42. The molecule has 0 N–H and O–H groups in total. The molecule has 308 valence electrons. The third-order valence-corrected chi connectivity index (χ3v) is 14.6. The van der Waals surface area contributed by atoms with E-state index in [-0.39, 0.29) is 22.8 Å². The van der Waals surface area contributed by atoms with Gasteiger partial charge in [-0.05, 0) is 119 Å². The van der Waals surface area contributed by atoms with E-state index in [2.05, 4.69) is 253 Å². The van der Waals surface area contributed by atoms with Gasteiger partial charge < -0.3 is 9.47 Å². The molecule has 2 nitrogen and oxygen atoms in total. The highest BCUT2D eigenvalue weighted by molar-refractivity contribution is 6.10. The molecule has 0 spiro atoms. The van der Waals surface area contributed by atoms with Crippen molar-refractivity contribution in [2.75, 3.05) is 4.90 Å². The Morgan fingerprint density at radius 3 is 1.97 bits per heavy atom. The summed E-state index contributed by atoms with van der Waals surface area (Å²) in [5.74, 6) is 0.505. The fourth-order valence-corrected chi connectivity index (χ4v) is 11.8. The molecule has 0 aliphatic heterocycles. The van der Waals surface area contributed by atoms with E-state index in [0.717, 1.165) is 19.3 Å². The van der Waals surface area contributed by atoms with E-state index < -0.39 is 0 Å². The van der Waals surface area contributed by atoms with Gasteiger partial charge in [0, 0.05) is 45.2 Å². The fraction of sp³-hybridized carbons (Fsp3) is 0.129. The van der Waals surface area contributed by atoms with Gasteiger partial charge in [-0.1, -0.05) is 188 Å². The van der Waals surface area contributed by atoms with Crippen LogP contribution in [0, 0.1) is 0 Å². The summed E-state index contributed by atoms with van der Waals surface area (Å²) in [6.45, 7) is 2.50. The molecule has 3 aliphatic carbocycles. The van der Waals surface area contributed by atoms with Crippen molar-refractivity contribution in [2.45, 2.75) is 49.0 Å². The predicted molar refractivity (Wildman–Crippen MR) is 267 cm³/mol. The summed E-state index contributed by atoms with van der Waals surface area (Å²) >= 11 is 0. The second-order valence-corrected chi connectivity index (χ2v) is 18.2. The van der Waals surface area contributed by atoms with Crippen molar-refractivity contribution in [3.8, 4) is 16.8 Å². The van der Waals surface area contributed by atoms with Gasteiger partial charge in [-0.2, -0.15) is 0 Å². The molecule has 3 unspecified atom stereocenters. The first kappa shape index (κ1) is 38.3. The lowest BCUT2D eigenvalue weighted by atomic mass is 9.64. The van der Waals surface area contributed by atoms with Crippen LogP contribution >= 0.6 is 0 Å². The van der Waals surface area contributed by atoms with E-state index in [1.165, 1.54) is 83.4 Å². The molecule has 1 aromatic heterocycles. The first-order chi connectivity index (χ1) is 31.6. The maximum atomic E-state index is 2.68. The number of nitrogens with zero attached hydrogens (tertiary/aromatic N) is 2. The third-order valence-electron chi connectivity index (χ3n) is 14.6. The van der Waals surface area contributed by atoms with Gasteiger partial charge in [-0.25, -0.2) is 0 Å². The van der Waals surface area contributed by atoms with Crippen molar-refractivity contribution in [3.05, 3.63) is 276 Å². The highest BCUT2D eigenvalue weighted by atomic mass is 15.2. The minimum absolute atomic E-state index is 0.194. The van der Waals surface area contributed by atoms with Gasteiger partial charge in [-0.3, -0.25) is 0 Å². The van der Waals surface area contributed by atoms with Crippen LogP contribution in [0.25, 0.3) is 38.6 Å². The lowest BCUT2D eigenvalue weighted by Gasteiger charge is -2.49. The lowest BCUT2D eigenvalue weighted by molar-refractivity contribution is 0.373. The molecule has 12 rings (SSSR count). The van der Waals surface area contributed by atoms with Crippen LogP contribution in [0.1, 0.15) is 65.8 Å². The van der Waals surface area contributed by atoms with Gasteiger partial charge in [0.25, 0.3) is 0 Å². The number of allylic oxidation sites excluding steroid dienone is 4. The summed E-state index contributed by atoms with van der Waals surface area (Å²) in [5.41, 5.74) is 16.5. The maximum absolute atomic E-state index is 2.68. The van der Waals surface area contributed by atoms with Gasteiger partial charge in [0.1, 0.15) is 0 Å². The van der Waals surface area contributed by atoms with E-state index in [0.29, 0.717) is 0 Å². The molecule has 9 aromatic rings. The average molecular weight is 823 g/mol. The Labute approximate surface area is 376 Å². The molecule has 0 amide bonds. The Morgan fingerprint density at radius 2 is 1.20 bits per heavy atom. The highest BCUT2D eigenvalue weighted by Crippen LogP contribution is 2.62. The van der Waals surface area contributed by atoms with Crippen molar-refractivity contribution in [3.63, 3.8) is 0 Å². The molecule has 3 atom stereocenters. The zero-order chi connectivity index (χ0) is 42.7. The van der Waals surface area contributed by atoms with Crippen LogP contribution in [-0.4, -0.2) is 10.1 Å². The second kappa shape index (κ2) is 15.4. The van der Waals surface area contributed by atoms with Gasteiger partial charge in [-0.15, -0.1) is 0 Å². The zero-order valence-electron chi connectivity index (χ0n) is 36.2. The number of aromatic nitrogens is 1. The summed E-state index contributed by atoms with van der Waals surface area (Å²) in [5, 5.41) is 2.55. The minimum atomic E-state index is -0.341. The van der Waals surface area contributed by atoms with Crippen LogP contribution in [-0.2, 0) is 5.41 Å². The number of fused-ring (bicyclic) bond motifs is 6. The number of benzene rings is 8. The van der Waals surface area contributed by atoms with Crippen LogP contribution in [0.15, 0.2) is 248 Å². The molecule has 8 aromatic carbocycles. The minimum Gasteiger partial charge on any atom is -0.336 e. The standard InChI is InChI=1S/C62H50N2/c1-61(39-38-58-56(43-61)53-32-14-16-34-57(53)62(58,48-23-6-2-7-24-48)49-25-8-3-9-26-49)64(51-29-12-5-13-30-51)52-31-19-22-46(41-52)44-20-18-21-45(40-44)47-36-37-60-55(42-47)54-33-15-17-35-59(54)63(60)50-27-10-4-11-28-50/h2-21,23-38,40-42,46,56H,22,39,43H2,1H3. The summed E-state index contributed by atoms with van der Waals surface area (Å²) < 4.78 is 2.39. The van der Waals surface area contributed by atoms with Crippen LogP contribution < -0.4 is 4.90 Å². The number of para-hydroxylation sites is 3.